The summed E-state index contributed by atoms with van der Waals surface area (Å²) in [4.78, 5) is 11.3. The molecule has 1 unspecified atom stereocenters. The number of halogens is 2. The zero-order valence-electron chi connectivity index (χ0n) is 9.81. The molecule has 0 aromatic heterocycles. The Morgan fingerprint density at radius 3 is 2.47 bits per heavy atom. The molecule has 0 fully saturated rings. The van der Waals surface area contributed by atoms with Gasteiger partial charge >= 0.3 is 5.97 Å². The van der Waals surface area contributed by atoms with E-state index < -0.39 is 17.8 Å². The number of anilines is 1. The van der Waals surface area contributed by atoms with Crippen molar-refractivity contribution in [1.82, 2.24) is 0 Å². The van der Waals surface area contributed by atoms with Gasteiger partial charge in [-0.1, -0.05) is 35.9 Å². The molecule has 0 heterocycles. The summed E-state index contributed by atoms with van der Waals surface area (Å²) in [6.45, 7) is 0. The number of para-hydroxylation sites is 1. The number of carboxylic acid groups (broad SMARTS) is 1. The lowest BCUT2D eigenvalue weighted by atomic mass is 10.1. The molecule has 0 amide bonds. The van der Waals surface area contributed by atoms with Crippen molar-refractivity contribution < 1.29 is 14.3 Å². The van der Waals surface area contributed by atoms with Gasteiger partial charge in [0.15, 0.2) is 6.04 Å². The number of hydrogen-bond donors (Lipinski definition) is 2. The number of carbonyl (C=O) groups is 1. The highest BCUT2D eigenvalue weighted by molar-refractivity contribution is 6.31. The number of benzene rings is 2. The van der Waals surface area contributed by atoms with Crippen LogP contribution in [-0.4, -0.2) is 11.1 Å². The standard InChI is InChI=1S/C14H11ClFNO2/c15-12-8-9(16)6-7-11(12)13(14(18)19)17-10-4-2-1-3-5-10/h1-8,13,17H,(H,18,19). The Morgan fingerprint density at radius 2 is 1.89 bits per heavy atom. The number of nitrogens with one attached hydrogen (secondary N) is 1. The highest BCUT2D eigenvalue weighted by atomic mass is 35.5. The lowest BCUT2D eigenvalue weighted by molar-refractivity contribution is -0.138. The van der Waals surface area contributed by atoms with Crippen LogP contribution in [0.1, 0.15) is 11.6 Å². The summed E-state index contributed by atoms with van der Waals surface area (Å²) < 4.78 is 13.0. The predicted octanol–water partition coefficient (Wildman–Crippen LogP) is 3.72. The van der Waals surface area contributed by atoms with Crippen LogP contribution in [0.15, 0.2) is 48.5 Å². The fourth-order valence-electron chi connectivity index (χ4n) is 1.71. The summed E-state index contributed by atoms with van der Waals surface area (Å²) in [5.74, 6) is -1.59. The largest absolute Gasteiger partial charge is 0.479 e. The van der Waals surface area contributed by atoms with E-state index in [0.29, 0.717) is 11.3 Å². The number of aliphatic carboxylic acids is 1. The molecule has 0 spiro atoms. The van der Waals surface area contributed by atoms with Gasteiger partial charge in [0.2, 0.25) is 0 Å². The maximum absolute atomic E-state index is 13.0. The van der Waals surface area contributed by atoms with Crippen molar-refractivity contribution in [2.45, 2.75) is 6.04 Å². The van der Waals surface area contributed by atoms with E-state index in [1.807, 2.05) is 6.07 Å². The van der Waals surface area contributed by atoms with Crippen LogP contribution in [0.25, 0.3) is 0 Å². The van der Waals surface area contributed by atoms with E-state index in [0.717, 1.165) is 6.07 Å². The van der Waals surface area contributed by atoms with Crippen molar-refractivity contribution in [3.05, 3.63) is 64.9 Å². The first kappa shape index (κ1) is 13.4. The van der Waals surface area contributed by atoms with E-state index in [9.17, 15) is 14.3 Å². The normalized spacial score (nSPS) is 11.9. The summed E-state index contributed by atoms with van der Waals surface area (Å²) in [6, 6.07) is 11.5. The van der Waals surface area contributed by atoms with E-state index >= 15 is 0 Å². The Kier molecular flexibility index (Phi) is 4.02. The van der Waals surface area contributed by atoms with Crippen LogP contribution in [0.4, 0.5) is 10.1 Å². The summed E-state index contributed by atoms with van der Waals surface area (Å²) in [5, 5.41) is 12.2. The lowest BCUT2D eigenvalue weighted by Crippen LogP contribution is -2.20. The second kappa shape index (κ2) is 5.71. The summed E-state index contributed by atoms with van der Waals surface area (Å²) in [5.41, 5.74) is 0.967. The predicted molar refractivity (Wildman–Crippen MR) is 71.9 cm³/mol. The van der Waals surface area contributed by atoms with E-state index in [1.165, 1.54) is 12.1 Å². The molecule has 0 saturated carbocycles. The van der Waals surface area contributed by atoms with E-state index in [4.69, 9.17) is 11.6 Å². The van der Waals surface area contributed by atoms with E-state index in [2.05, 4.69) is 5.32 Å². The quantitative estimate of drug-likeness (QED) is 0.897. The molecule has 2 N–H and O–H groups in total. The molecule has 0 aliphatic heterocycles. The summed E-state index contributed by atoms with van der Waals surface area (Å²) in [6.07, 6.45) is 0. The average Bonchev–Trinajstić information content (AvgIpc) is 2.38. The molecule has 0 aliphatic carbocycles. The third-order valence-corrected chi connectivity index (χ3v) is 2.93. The van der Waals surface area contributed by atoms with Crippen LogP contribution < -0.4 is 5.32 Å². The Bertz CT molecular complexity index is 589. The number of rotatable bonds is 4. The minimum atomic E-state index is -1.09. The van der Waals surface area contributed by atoms with Gasteiger partial charge in [0, 0.05) is 16.3 Å². The molecule has 1 atom stereocenters. The third-order valence-electron chi connectivity index (χ3n) is 2.61. The summed E-state index contributed by atoms with van der Waals surface area (Å²) >= 11 is 5.89. The fraction of sp³-hybridized carbons (Fsp3) is 0.0714. The van der Waals surface area contributed by atoms with Crippen molar-refractivity contribution in [3.8, 4) is 0 Å². The molecule has 19 heavy (non-hydrogen) atoms. The van der Waals surface area contributed by atoms with Gasteiger partial charge in [-0.2, -0.15) is 0 Å². The lowest BCUT2D eigenvalue weighted by Gasteiger charge is -2.17. The summed E-state index contributed by atoms with van der Waals surface area (Å²) in [7, 11) is 0. The van der Waals surface area contributed by atoms with Gasteiger partial charge in [0.25, 0.3) is 0 Å². The highest BCUT2D eigenvalue weighted by Gasteiger charge is 2.22. The molecule has 0 bridgehead atoms. The van der Waals surface area contributed by atoms with Crippen LogP contribution in [-0.2, 0) is 4.79 Å². The van der Waals surface area contributed by atoms with Gasteiger partial charge in [-0.3, -0.25) is 0 Å². The molecule has 3 nitrogen and oxygen atoms in total. The third kappa shape index (κ3) is 3.23. The maximum atomic E-state index is 13.0. The van der Waals surface area contributed by atoms with Gasteiger partial charge < -0.3 is 10.4 Å². The first-order chi connectivity index (χ1) is 9.08. The Balaban J connectivity index is 2.33. The molecule has 98 valence electrons. The van der Waals surface area contributed by atoms with Gasteiger partial charge in [-0.05, 0) is 24.3 Å². The van der Waals surface area contributed by atoms with Crippen LogP contribution in [0, 0.1) is 5.82 Å². The molecule has 0 radical (unpaired) electrons. The highest BCUT2D eigenvalue weighted by Crippen LogP contribution is 2.27. The van der Waals surface area contributed by atoms with Crippen LogP contribution in [0.5, 0.6) is 0 Å². The van der Waals surface area contributed by atoms with E-state index in [1.54, 1.807) is 24.3 Å². The Labute approximate surface area is 114 Å². The molecular formula is C14H11ClFNO2. The smallest absolute Gasteiger partial charge is 0.330 e. The second-order valence-corrected chi connectivity index (χ2v) is 4.35. The van der Waals surface area contributed by atoms with Crippen molar-refractivity contribution in [1.29, 1.82) is 0 Å². The van der Waals surface area contributed by atoms with Gasteiger partial charge in [-0.25, -0.2) is 9.18 Å². The molecule has 0 saturated heterocycles. The van der Waals surface area contributed by atoms with E-state index in [-0.39, 0.29) is 5.02 Å². The van der Waals surface area contributed by atoms with Gasteiger partial charge in [0.05, 0.1) is 0 Å². The molecule has 0 aliphatic rings. The second-order valence-electron chi connectivity index (χ2n) is 3.95. The minimum Gasteiger partial charge on any atom is -0.479 e. The molecule has 5 heteroatoms. The van der Waals surface area contributed by atoms with Crippen molar-refractivity contribution in [3.63, 3.8) is 0 Å². The maximum Gasteiger partial charge on any atom is 0.330 e. The van der Waals surface area contributed by atoms with Crippen molar-refractivity contribution in [2.24, 2.45) is 0 Å². The molecule has 2 aromatic rings. The van der Waals surface area contributed by atoms with Gasteiger partial charge in [-0.15, -0.1) is 0 Å². The van der Waals surface area contributed by atoms with Crippen LogP contribution in [0.3, 0.4) is 0 Å². The topological polar surface area (TPSA) is 49.3 Å². The Morgan fingerprint density at radius 1 is 1.21 bits per heavy atom. The first-order valence-corrected chi connectivity index (χ1v) is 5.95. The zero-order chi connectivity index (χ0) is 13.8. The zero-order valence-corrected chi connectivity index (χ0v) is 10.6. The molecular weight excluding hydrogens is 269 g/mol. The monoisotopic (exact) mass is 279 g/mol. The average molecular weight is 280 g/mol. The van der Waals surface area contributed by atoms with Gasteiger partial charge in [0.1, 0.15) is 5.82 Å². The Hall–Kier alpha value is -2.07. The van der Waals surface area contributed by atoms with Crippen molar-refractivity contribution in [2.75, 3.05) is 5.32 Å². The van der Waals surface area contributed by atoms with Crippen molar-refractivity contribution >= 4 is 23.3 Å². The minimum absolute atomic E-state index is 0.0795. The molecule has 2 aromatic carbocycles. The number of hydrogen-bond acceptors (Lipinski definition) is 2. The fourth-order valence-corrected chi connectivity index (χ4v) is 1.99. The first-order valence-electron chi connectivity index (χ1n) is 5.57. The SMILES string of the molecule is O=C(O)C(Nc1ccccc1)c1ccc(F)cc1Cl. The number of carboxylic acids is 1. The molecule has 2 rings (SSSR count). The van der Waals surface area contributed by atoms with Crippen LogP contribution in [0.2, 0.25) is 5.02 Å². The van der Waals surface area contributed by atoms with Crippen LogP contribution >= 0.6 is 11.6 Å².